The molecule has 4 nitrogen and oxygen atoms in total. The largest absolute Gasteiger partial charge is 0.279 e. The quantitative estimate of drug-likeness (QED) is 0.176. The third-order valence-electron chi connectivity index (χ3n) is 13.3. The van der Waals surface area contributed by atoms with E-state index in [1.54, 1.807) is 0 Å². The highest BCUT2D eigenvalue weighted by molar-refractivity contribution is 5.89. The summed E-state index contributed by atoms with van der Waals surface area (Å²) in [6, 6.07) is 57.2. The fraction of sp³-hybridized carbons (Fsp3) is 0.167. The van der Waals surface area contributed by atoms with Gasteiger partial charge in [-0.25, -0.2) is 4.98 Å². The first-order valence-electron chi connectivity index (χ1n) is 20.4. The van der Waals surface area contributed by atoms with Crippen molar-refractivity contribution in [1.82, 2.24) is 15.0 Å². The predicted octanol–water partition coefficient (Wildman–Crippen LogP) is 13.6. The first-order chi connectivity index (χ1) is 28.0. The van der Waals surface area contributed by atoms with Crippen LogP contribution < -0.4 is 4.90 Å². The van der Waals surface area contributed by atoms with Gasteiger partial charge in [0.05, 0.1) is 0 Å². The molecule has 0 saturated heterocycles. The summed E-state index contributed by atoms with van der Waals surface area (Å²) in [4.78, 5) is 18.3. The fourth-order valence-electron chi connectivity index (χ4n) is 10.2. The monoisotopic (exact) mass is 748 g/mol. The van der Waals surface area contributed by atoms with Crippen LogP contribution in [0.2, 0.25) is 0 Å². The van der Waals surface area contributed by atoms with E-state index < -0.39 is 0 Å². The zero-order valence-corrected chi connectivity index (χ0v) is 33.8. The summed E-state index contributed by atoms with van der Waals surface area (Å²) in [5, 5.41) is 0. The van der Waals surface area contributed by atoms with Crippen molar-refractivity contribution in [2.45, 2.75) is 57.8 Å². The van der Waals surface area contributed by atoms with Crippen LogP contribution >= 0.6 is 0 Å². The lowest BCUT2D eigenvalue weighted by atomic mass is 9.82. The van der Waals surface area contributed by atoms with Crippen molar-refractivity contribution in [2.75, 3.05) is 4.90 Å². The molecule has 280 valence electrons. The van der Waals surface area contributed by atoms with Crippen LogP contribution in [0.25, 0.3) is 56.2 Å². The molecule has 58 heavy (non-hydrogen) atoms. The summed E-state index contributed by atoms with van der Waals surface area (Å²) in [5.74, 6) is 1.84. The lowest BCUT2D eigenvalue weighted by Crippen LogP contribution is -2.19. The normalized spacial score (nSPS) is 15.5. The Labute approximate surface area is 341 Å². The number of anilines is 3. The van der Waals surface area contributed by atoms with E-state index >= 15 is 0 Å². The molecule has 0 bridgehead atoms. The molecular weight excluding hydrogens is 705 g/mol. The molecule has 0 saturated carbocycles. The molecule has 0 N–H and O–H groups in total. The Morgan fingerprint density at radius 1 is 0.328 bits per heavy atom. The highest BCUT2D eigenvalue weighted by Crippen LogP contribution is 2.53. The van der Waals surface area contributed by atoms with Crippen molar-refractivity contribution in [3.05, 3.63) is 191 Å². The molecule has 0 fully saturated rings. The first kappa shape index (κ1) is 34.6. The van der Waals surface area contributed by atoms with Crippen molar-refractivity contribution in [3.8, 4) is 56.2 Å². The second kappa shape index (κ2) is 12.2. The van der Waals surface area contributed by atoms with Gasteiger partial charge in [0.15, 0.2) is 11.6 Å². The number of nitrogens with zero attached hydrogens (tertiary/aromatic N) is 4. The lowest BCUT2D eigenvalue weighted by Gasteiger charge is -2.28. The molecular formula is C54H44N4. The Balaban J connectivity index is 1.15. The maximum absolute atomic E-state index is 5.44. The van der Waals surface area contributed by atoms with E-state index in [4.69, 9.17) is 15.0 Å². The summed E-state index contributed by atoms with van der Waals surface area (Å²) in [6.07, 6.45) is 0. The van der Waals surface area contributed by atoms with Gasteiger partial charge in [0.25, 0.3) is 0 Å². The van der Waals surface area contributed by atoms with E-state index in [2.05, 4.69) is 186 Å². The van der Waals surface area contributed by atoms with E-state index in [0.29, 0.717) is 17.6 Å². The molecule has 0 unspecified atom stereocenters. The number of hydrogen-bond acceptors (Lipinski definition) is 4. The molecule has 0 radical (unpaired) electrons. The van der Waals surface area contributed by atoms with E-state index in [1.807, 2.05) is 18.2 Å². The van der Waals surface area contributed by atoms with Gasteiger partial charge < -0.3 is 0 Å². The van der Waals surface area contributed by atoms with E-state index in [1.165, 1.54) is 66.8 Å². The third-order valence-corrected chi connectivity index (χ3v) is 13.3. The van der Waals surface area contributed by atoms with Crippen LogP contribution in [0.15, 0.2) is 158 Å². The van der Waals surface area contributed by atoms with Gasteiger partial charge in [-0.3, -0.25) is 4.90 Å². The van der Waals surface area contributed by atoms with Crippen LogP contribution in [0.1, 0.15) is 74.9 Å². The van der Waals surface area contributed by atoms with Crippen molar-refractivity contribution in [1.29, 1.82) is 0 Å². The zero-order valence-electron chi connectivity index (χ0n) is 33.8. The van der Waals surface area contributed by atoms with Crippen LogP contribution in [0, 0.1) is 0 Å². The Morgan fingerprint density at radius 3 is 1.38 bits per heavy atom. The van der Waals surface area contributed by atoms with Gasteiger partial charge in [-0.1, -0.05) is 169 Å². The van der Waals surface area contributed by atoms with Crippen molar-refractivity contribution in [3.63, 3.8) is 0 Å². The number of fused-ring (bicyclic) bond motifs is 9. The van der Waals surface area contributed by atoms with E-state index in [9.17, 15) is 0 Å². The minimum atomic E-state index is -0.178. The minimum Gasteiger partial charge on any atom is -0.279 e. The highest BCUT2D eigenvalue weighted by atomic mass is 15.3. The van der Waals surface area contributed by atoms with Gasteiger partial charge in [-0.2, -0.15) is 9.97 Å². The second-order valence-corrected chi connectivity index (χ2v) is 17.7. The molecule has 3 aliphatic carbocycles. The van der Waals surface area contributed by atoms with Gasteiger partial charge in [0, 0.05) is 38.7 Å². The lowest BCUT2D eigenvalue weighted by molar-refractivity contribution is 0.660. The molecule has 3 aliphatic rings. The smallest absolute Gasteiger partial charge is 0.238 e. The van der Waals surface area contributed by atoms with E-state index in [-0.39, 0.29) is 16.2 Å². The van der Waals surface area contributed by atoms with Crippen molar-refractivity contribution < 1.29 is 0 Å². The molecule has 1 aromatic heterocycles. The second-order valence-electron chi connectivity index (χ2n) is 17.7. The maximum Gasteiger partial charge on any atom is 0.238 e. The average molecular weight is 749 g/mol. The van der Waals surface area contributed by atoms with Gasteiger partial charge in [0.1, 0.15) is 0 Å². The van der Waals surface area contributed by atoms with Crippen LogP contribution in [-0.4, -0.2) is 15.0 Å². The zero-order chi connectivity index (χ0) is 39.6. The topological polar surface area (TPSA) is 41.9 Å². The fourth-order valence-corrected chi connectivity index (χ4v) is 10.2. The molecule has 0 amide bonds. The highest BCUT2D eigenvalue weighted by Gasteiger charge is 2.39. The van der Waals surface area contributed by atoms with E-state index in [0.717, 1.165) is 22.5 Å². The Bertz CT molecular complexity index is 2990. The molecule has 0 spiro atoms. The molecule has 1 heterocycles. The maximum atomic E-state index is 5.44. The van der Waals surface area contributed by atoms with Gasteiger partial charge in [0.2, 0.25) is 5.95 Å². The van der Waals surface area contributed by atoms with Crippen LogP contribution in [0.3, 0.4) is 0 Å². The summed E-state index contributed by atoms with van der Waals surface area (Å²) in [5.41, 5.74) is 19.1. The summed E-state index contributed by atoms with van der Waals surface area (Å²) < 4.78 is 0. The number of hydrogen-bond donors (Lipinski definition) is 0. The Hall–Kier alpha value is -6.65. The number of benzene rings is 7. The SMILES string of the molecule is CC1(C)c2ccccc2-c2cc(-c3nc(-c4ccccc4)nc(N(c4ccc5c(c4)-c4ccccc4C5(C)C)c4ccc5c(c4)C(C)(C)c4ccccc4-5)n3)ccc21. The molecule has 4 heteroatoms. The molecule has 0 atom stereocenters. The average Bonchev–Trinajstić information content (AvgIpc) is 3.73. The predicted molar refractivity (Wildman–Crippen MR) is 238 cm³/mol. The summed E-state index contributed by atoms with van der Waals surface area (Å²) in [7, 11) is 0. The third kappa shape index (κ3) is 4.91. The molecule has 8 aromatic rings. The Morgan fingerprint density at radius 2 is 0.759 bits per heavy atom. The summed E-state index contributed by atoms with van der Waals surface area (Å²) >= 11 is 0. The van der Waals surface area contributed by atoms with Gasteiger partial charge in [-0.05, 0) is 97.1 Å². The van der Waals surface area contributed by atoms with Crippen molar-refractivity contribution >= 4 is 17.3 Å². The minimum absolute atomic E-state index is 0.0948. The van der Waals surface area contributed by atoms with Gasteiger partial charge in [-0.15, -0.1) is 0 Å². The molecule has 0 aliphatic heterocycles. The Kier molecular flexibility index (Phi) is 7.26. The van der Waals surface area contributed by atoms with Gasteiger partial charge >= 0.3 is 0 Å². The molecule has 7 aromatic carbocycles. The standard InChI is InChI=1S/C54H44N4/c1-52(2)44-22-14-11-19-38(44)41-30-34(24-28-46(41)52)50-55-49(33-16-8-7-9-17-33)56-51(57-50)58(35-26-29-47-42(31-35)39-20-12-15-23-45(39)53(47,3)4)36-25-27-40-37-18-10-13-21-43(37)54(5,6)48(40)32-36/h7-32H,1-6H3. The van der Waals surface area contributed by atoms with Crippen LogP contribution in [0.4, 0.5) is 17.3 Å². The van der Waals surface area contributed by atoms with Crippen molar-refractivity contribution in [2.24, 2.45) is 0 Å². The summed E-state index contributed by atoms with van der Waals surface area (Å²) in [6.45, 7) is 14.0. The van der Waals surface area contributed by atoms with Crippen LogP contribution in [-0.2, 0) is 16.2 Å². The first-order valence-corrected chi connectivity index (χ1v) is 20.4. The van der Waals surface area contributed by atoms with Crippen LogP contribution in [0.5, 0.6) is 0 Å². The number of aromatic nitrogens is 3. The molecule has 11 rings (SSSR count). The number of rotatable bonds is 5.